The Balaban J connectivity index is 2.01. The van der Waals surface area contributed by atoms with Crippen LogP contribution in [0, 0.1) is 13.8 Å². The molecule has 0 saturated carbocycles. The van der Waals surface area contributed by atoms with Crippen molar-refractivity contribution in [3.8, 4) is 0 Å². The standard InChI is InChI=1S/C15H28N2/c1-4-5-6-7-8-9-10-11-12-15-13(2)16-17-14(15)3/h4-12H2,1-3H3,(H,16,17). The fourth-order valence-electron chi connectivity index (χ4n) is 2.38. The summed E-state index contributed by atoms with van der Waals surface area (Å²) in [6.45, 7) is 6.50. The summed E-state index contributed by atoms with van der Waals surface area (Å²) in [4.78, 5) is 0. The number of nitrogens with zero attached hydrogens (tertiary/aromatic N) is 1. The second kappa shape index (κ2) is 8.32. The topological polar surface area (TPSA) is 28.7 Å². The molecule has 2 nitrogen and oxygen atoms in total. The van der Waals surface area contributed by atoms with E-state index in [0.29, 0.717) is 0 Å². The highest BCUT2D eigenvalue weighted by molar-refractivity contribution is 5.22. The summed E-state index contributed by atoms with van der Waals surface area (Å²) in [6.07, 6.45) is 12.3. The van der Waals surface area contributed by atoms with Crippen molar-refractivity contribution in [1.82, 2.24) is 10.2 Å². The van der Waals surface area contributed by atoms with E-state index >= 15 is 0 Å². The van der Waals surface area contributed by atoms with E-state index in [1.807, 2.05) is 0 Å². The van der Waals surface area contributed by atoms with E-state index in [1.165, 1.54) is 74.7 Å². The minimum atomic E-state index is 1.19. The second-order valence-corrected chi connectivity index (χ2v) is 5.14. The lowest BCUT2D eigenvalue weighted by atomic mass is 10.0. The number of aromatic nitrogens is 2. The first-order valence-electron chi connectivity index (χ1n) is 7.26. The lowest BCUT2D eigenvalue weighted by Gasteiger charge is -2.02. The first kappa shape index (κ1) is 14.3. The van der Waals surface area contributed by atoms with Crippen molar-refractivity contribution >= 4 is 0 Å². The number of nitrogens with one attached hydrogen (secondary N) is 1. The van der Waals surface area contributed by atoms with E-state index in [0.717, 1.165) is 0 Å². The Morgan fingerprint density at radius 1 is 0.882 bits per heavy atom. The summed E-state index contributed by atoms with van der Waals surface area (Å²) in [6, 6.07) is 0. The molecule has 0 radical (unpaired) electrons. The summed E-state index contributed by atoms with van der Waals surface area (Å²) in [5.74, 6) is 0. The lowest BCUT2D eigenvalue weighted by Crippen LogP contribution is -1.90. The van der Waals surface area contributed by atoms with Gasteiger partial charge in [0.25, 0.3) is 0 Å². The molecule has 98 valence electrons. The van der Waals surface area contributed by atoms with Gasteiger partial charge in [-0.05, 0) is 32.3 Å². The highest BCUT2D eigenvalue weighted by Gasteiger charge is 2.04. The molecular formula is C15H28N2. The van der Waals surface area contributed by atoms with Gasteiger partial charge in [0.15, 0.2) is 0 Å². The average Bonchev–Trinajstić information content (AvgIpc) is 2.63. The molecule has 0 aliphatic carbocycles. The van der Waals surface area contributed by atoms with Gasteiger partial charge in [0.2, 0.25) is 0 Å². The van der Waals surface area contributed by atoms with E-state index in [2.05, 4.69) is 31.0 Å². The molecule has 0 spiro atoms. The van der Waals surface area contributed by atoms with Gasteiger partial charge < -0.3 is 0 Å². The molecule has 1 aromatic heterocycles. The van der Waals surface area contributed by atoms with E-state index in [-0.39, 0.29) is 0 Å². The molecule has 0 atom stereocenters. The van der Waals surface area contributed by atoms with Gasteiger partial charge in [-0.15, -0.1) is 0 Å². The predicted octanol–water partition coefficient (Wildman–Crippen LogP) is 4.71. The Kier molecular flexibility index (Phi) is 6.99. The first-order chi connectivity index (χ1) is 8.25. The van der Waals surface area contributed by atoms with Crippen molar-refractivity contribution in [3.05, 3.63) is 17.0 Å². The number of aryl methyl sites for hydroxylation is 2. The third-order valence-corrected chi connectivity index (χ3v) is 3.56. The first-order valence-corrected chi connectivity index (χ1v) is 7.26. The monoisotopic (exact) mass is 236 g/mol. The molecule has 0 bridgehead atoms. The van der Waals surface area contributed by atoms with Crippen molar-refractivity contribution in [1.29, 1.82) is 0 Å². The van der Waals surface area contributed by atoms with Crippen LogP contribution in [0.4, 0.5) is 0 Å². The molecule has 1 N–H and O–H groups in total. The number of rotatable bonds is 9. The number of H-pyrrole nitrogens is 1. The Hall–Kier alpha value is -0.790. The van der Waals surface area contributed by atoms with Crippen LogP contribution < -0.4 is 0 Å². The fraction of sp³-hybridized carbons (Fsp3) is 0.800. The number of hydrogen-bond acceptors (Lipinski definition) is 1. The summed E-state index contributed by atoms with van der Waals surface area (Å²) >= 11 is 0. The summed E-state index contributed by atoms with van der Waals surface area (Å²) in [5.41, 5.74) is 3.88. The quantitative estimate of drug-likeness (QED) is 0.618. The zero-order valence-corrected chi connectivity index (χ0v) is 11.8. The van der Waals surface area contributed by atoms with Gasteiger partial charge in [-0.25, -0.2) is 0 Å². The van der Waals surface area contributed by atoms with Gasteiger partial charge in [0.05, 0.1) is 5.69 Å². The highest BCUT2D eigenvalue weighted by Crippen LogP contribution is 2.15. The molecule has 1 rings (SSSR count). The van der Waals surface area contributed by atoms with Crippen LogP contribution in [-0.4, -0.2) is 10.2 Å². The Morgan fingerprint density at radius 2 is 1.47 bits per heavy atom. The Labute approximate surface area is 106 Å². The van der Waals surface area contributed by atoms with Crippen molar-refractivity contribution < 1.29 is 0 Å². The summed E-state index contributed by atoms with van der Waals surface area (Å²) in [7, 11) is 0. The van der Waals surface area contributed by atoms with Crippen molar-refractivity contribution in [2.75, 3.05) is 0 Å². The van der Waals surface area contributed by atoms with Crippen LogP contribution in [0.25, 0.3) is 0 Å². The maximum Gasteiger partial charge on any atom is 0.0625 e. The van der Waals surface area contributed by atoms with Gasteiger partial charge in [-0.2, -0.15) is 5.10 Å². The van der Waals surface area contributed by atoms with Crippen LogP contribution >= 0.6 is 0 Å². The smallest absolute Gasteiger partial charge is 0.0625 e. The number of aromatic amines is 1. The highest BCUT2D eigenvalue weighted by atomic mass is 15.1. The number of hydrogen-bond donors (Lipinski definition) is 1. The largest absolute Gasteiger partial charge is 0.282 e. The SMILES string of the molecule is CCCCCCCCCCc1c(C)n[nH]c1C. The van der Waals surface area contributed by atoms with E-state index in [4.69, 9.17) is 0 Å². The minimum Gasteiger partial charge on any atom is -0.282 e. The van der Waals surface area contributed by atoms with E-state index in [9.17, 15) is 0 Å². The normalized spacial score (nSPS) is 11.0. The zero-order chi connectivity index (χ0) is 12.5. The van der Waals surface area contributed by atoms with Gasteiger partial charge in [-0.3, -0.25) is 5.10 Å². The van der Waals surface area contributed by atoms with E-state index in [1.54, 1.807) is 0 Å². The molecule has 0 aliphatic heterocycles. The molecule has 1 aromatic rings. The van der Waals surface area contributed by atoms with Gasteiger partial charge in [0, 0.05) is 5.69 Å². The van der Waals surface area contributed by atoms with Crippen LogP contribution in [0.1, 0.15) is 75.2 Å². The van der Waals surface area contributed by atoms with Crippen molar-refractivity contribution in [2.24, 2.45) is 0 Å². The minimum absolute atomic E-state index is 1.19. The zero-order valence-electron chi connectivity index (χ0n) is 11.8. The van der Waals surface area contributed by atoms with Crippen LogP contribution in [0.15, 0.2) is 0 Å². The van der Waals surface area contributed by atoms with Crippen molar-refractivity contribution in [3.63, 3.8) is 0 Å². The molecule has 1 heterocycles. The fourth-order valence-corrected chi connectivity index (χ4v) is 2.38. The molecule has 0 amide bonds. The molecule has 2 heteroatoms. The van der Waals surface area contributed by atoms with Crippen LogP contribution in [0.3, 0.4) is 0 Å². The average molecular weight is 236 g/mol. The van der Waals surface area contributed by atoms with Crippen LogP contribution in [0.2, 0.25) is 0 Å². The van der Waals surface area contributed by atoms with Crippen LogP contribution in [-0.2, 0) is 6.42 Å². The maximum atomic E-state index is 4.24. The molecule has 0 aromatic carbocycles. The summed E-state index contributed by atoms with van der Waals surface area (Å²) < 4.78 is 0. The number of unbranched alkanes of at least 4 members (excludes halogenated alkanes) is 7. The van der Waals surface area contributed by atoms with Crippen molar-refractivity contribution in [2.45, 2.75) is 78.6 Å². The molecule has 0 aliphatic rings. The molecule has 0 unspecified atom stereocenters. The second-order valence-electron chi connectivity index (χ2n) is 5.14. The maximum absolute atomic E-state index is 4.24. The molecule has 0 saturated heterocycles. The molecular weight excluding hydrogens is 208 g/mol. The van der Waals surface area contributed by atoms with E-state index < -0.39 is 0 Å². The van der Waals surface area contributed by atoms with Gasteiger partial charge in [-0.1, -0.05) is 51.9 Å². The Bertz CT molecular complexity index is 282. The van der Waals surface area contributed by atoms with Gasteiger partial charge >= 0.3 is 0 Å². The predicted molar refractivity (Wildman–Crippen MR) is 74.4 cm³/mol. The van der Waals surface area contributed by atoms with Crippen LogP contribution in [0.5, 0.6) is 0 Å². The summed E-state index contributed by atoms with van der Waals surface area (Å²) in [5, 5.41) is 7.30. The Morgan fingerprint density at radius 3 is 2.00 bits per heavy atom. The third kappa shape index (κ3) is 5.38. The lowest BCUT2D eigenvalue weighted by molar-refractivity contribution is 0.575. The van der Waals surface area contributed by atoms with Gasteiger partial charge in [0.1, 0.15) is 0 Å². The molecule has 17 heavy (non-hydrogen) atoms. The molecule has 0 fully saturated rings. The third-order valence-electron chi connectivity index (χ3n) is 3.56.